The molecule has 0 bridgehead atoms. The first-order valence-electron chi connectivity index (χ1n) is 11.5. The number of amides is 2. The summed E-state index contributed by atoms with van der Waals surface area (Å²) >= 11 is 0. The molecule has 2 aromatic rings. The number of aryl methyl sites for hydroxylation is 1. The number of alkyl carbamates (subject to hydrolysis) is 1. The Labute approximate surface area is 197 Å². The summed E-state index contributed by atoms with van der Waals surface area (Å²) in [6.45, 7) is 11.0. The average molecular weight is 455 g/mol. The van der Waals surface area contributed by atoms with Gasteiger partial charge in [-0.3, -0.25) is 4.79 Å². The van der Waals surface area contributed by atoms with Gasteiger partial charge < -0.3 is 20.5 Å². The number of anilines is 1. The molecular formula is C27H38N2O4. The Balaban J connectivity index is 2.11. The van der Waals surface area contributed by atoms with Crippen LogP contribution in [-0.2, 0) is 22.4 Å². The predicted octanol–water partition coefficient (Wildman–Crippen LogP) is 5.10. The van der Waals surface area contributed by atoms with Gasteiger partial charge in [-0.25, -0.2) is 4.79 Å². The summed E-state index contributed by atoms with van der Waals surface area (Å²) in [5.74, 6) is -0.0657. The van der Waals surface area contributed by atoms with Crippen LogP contribution in [0.5, 0.6) is 0 Å². The number of ether oxygens (including phenoxy) is 1. The van der Waals surface area contributed by atoms with Crippen molar-refractivity contribution in [3.63, 3.8) is 0 Å². The van der Waals surface area contributed by atoms with Crippen LogP contribution in [0, 0.1) is 5.41 Å². The molecule has 0 aromatic heterocycles. The van der Waals surface area contributed by atoms with Gasteiger partial charge in [0.05, 0.1) is 12.1 Å². The summed E-state index contributed by atoms with van der Waals surface area (Å²) in [5.41, 5.74) is 1.55. The number of aliphatic hydroxyl groups excluding tert-OH is 1. The molecule has 2 amide bonds. The molecule has 2 aromatic carbocycles. The summed E-state index contributed by atoms with van der Waals surface area (Å²) in [6.07, 6.45) is 0.0759. The third kappa shape index (κ3) is 9.26. The van der Waals surface area contributed by atoms with Crippen LogP contribution in [0.1, 0.15) is 59.1 Å². The highest BCUT2D eigenvalue weighted by molar-refractivity contribution is 5.95. The fourth-order valence-corrected chi connectivity index (χ4v) is 3.28. The van der Waals surface area contributed by atoms with Crippen molar-refractivity contribution in [1.29, 1.82) is 0 Å². The van der Waals surface area contributed by atoms with Gasteiger partial charge in [0.15, 0.2) is 0 Å². The lowest BCUT2D eigenvalue weighted by molar-refractivity contribution is -0.123. The summed E-state index contributed by atoms with van der Waals surface area (Å²) in [5, 5.41) is 16.9. The number of rotatable bonds is 8. The van der Waals surface area contributed by atoms with Crippen LogP contribution >= 0.6 is 0 Å². The zero-order valence-electron chi connectivity index (χ0n) is 20.6. The topological polar surface area (TPSA) is 87.7 Å². The maximum atomic E-state index is 12.4. The maximum Gasteiger partial charge on any atom is 0.407 e. The first-order chi connectivity index (χ1) is 15.3. The minimum Gasteiger partial charge on any atom is -0.444 e. The molecule has 0 aliphatic carbocycles. The van der Waals surface area contributed by atoms with Crippen molar-refractivity contribution in [3.8, 4) is 0 Å². The molecule has 3 N–H and O–H groups in total. The van der Waals surface area contributed by atoms with E-state index in [9.17, 15) is 14.7 Å². The van der Waals surface area contributed by atoms with Gasteiger partial charge in [-0.1, -0.05) is 69.3 Å². The third-order valence-electron chi connectivity index (χ3n) is 5.12. The second-order valence-corrected chi connectivity index (χ2v) is 10.4. The van der Waals surface area contributed by atoms with Gasteiger partial charge in [0.25, 0.3) is 0 Å². The first kappa shape index (κ1) is 26.4. The molecule has 0 spiro atoms. The number of carbonyl (C=O) groups is 2. The number of hydrogen-bond acceptors (Lipinski definition) is 4. The minimum atomic E-state index is -0.802. The van der Waals surface area contributed by atoms with Gasteiger partial charge in [-0.05, 0) is 57.2 Å². The molecule has 2 atom stereocenters. The van der Waals surface area contributed by atoms with E-state index < -0.39 is 29.3 Å². The van der Waals surface area contributed by atoms with Crippen LogP contribution in [0.3, 0.4) is 0 Å². The highest BCUT2D eigenvalue weighted by Gasteiger charge is 2.26. The van der Waals surface area contributed by atoms with Crippen molar-refractivity contribution < 1.29 is 19.4 Å². The molecule has 33 heavy (non-hydrogen) atoms. The molecule has 6 nitrogen and oxygen atoms in total. The Hall–Kier alpha value is -2.86. The van der Waals surface area contributed by atoms with E-state index in [4.69, 9.17) is 4.74 Å². The quantitative estimate of drug-likeness (QED) is 0.518. The van der Waals surface area contributed by atoms with E-state index in [0.29, 0.717) is 19.3 Å². The van der Waals surface area contributed by atoms with E-state index in [0.717, 1.165) is 16.8 Å². The number of benzene rings is 2. The second-order valence-electron chi connectivity index (χ2n) is 10.4. The van der Waals surface area contributed by atoms with Gasteiger partial charge in [-0.2, -0.15) is 0 Å². The van der Waals surface area contributed by atoms with Crippen LogP contribution in [0.15, 0.2) is 54.6 Å². The largest absolute Gasteiger partial charge is 0.444 e. The Bertz CT molecular complexity index is 914. The van der Waals surface area contributed by atoms with Crippen LogP contribution in [-0.4, -0.2) is 34.9 Å². The molecule has 0 heterocycles. The Morgan fingerprint density at radius 1 is 0.939 bits per heavy atom. The summed E-state index contributed by atoms with van der Waals surface area (Å²) in [4.78, 5) is 24.9. The van der Waals surface area contributed by atoms with Crippen molar-refractivity contribution in [3.05, 3.63) is 65.7 Å². The molecular weight excluding hydrogens is 416 g/mol. The van der Waals surface area contributed by atoms with E-state index in [1.165, 1.54) is 0 Å². The highest BCUT2D eigenvalue weighted by atomic mass is 16.6. The van der Waals surface area contributed by atoms with Crippen LogP contribution in [0.25, 0.3) is 0 Å². The fraction of sp³-hybridized carbons (Fsp3) is 0.481. The zero-order chi connectivity index (χ0) is 24.6. The molecule has 0 saturated carbocycles. The smallest absolute Gasteiger partial charge is 0.407 e. The Kier molecular flexibility index (Phi) is 9.06. The normalized spacial score (nSPS) is 13.7. The van der Waals surface area contributed by atoms with Crippen molar-refractivity contribution in [2.45, 2.75) is 78.6 Å². The molecule has 0 radical (unpaired) electrons. The maximum absolute atomic E-state index is 12.4. The lowest BCUT2D eigenvalue weighted by Crippen LogP contribution is -2.46. The zero-order valence-corrected chi connectivity index (χ0v) is 20.6. The summed E-state index contributed by atoms with van der Waals surface area (Å²) in [6, 6.07) is 16.8. The molecule has 180 valence electrons. The third-order valence-corrected chi connectivity index (χ3v) is 5.12. The number of nitrogens with one attached hydrogen (secondary N) is 2. The fourth-order valence-electron chi connectivity index (χ4n) is 3.28. The van der Waals surface area contributed by atoms with Gasteiger partial charge in [-0.15, -0.1) is 0 Å². The number of aliphatic hydroxyl groups is 1. The van der Waals surface area contributed by atoms with Gasteiger partial charge in [0.1, 0.15) is 5.60 Å². The number of para-hydroxylation sites is 1. The van der Waals surface area contributed by atoms with E-state index in [-0.39, 0.29) is 5.91 Å². The average Bonchev–Trinajstić information content (AvgIpc) is 2.71. The van der Waals surface area contributed by atoms with Gasteiger partial charge in [0.2, 0.25) is 5.91 Å². The molecule has 0 aliphatic rings. The summed E-state index contributed by atoms with van der Waals surface area (Å²) in [7, 11) is 0. The van der Waals surface area contributed by atoms with Crippen LogP contribution < -0.4 is 10.6 Å². The lowest BCUT2D eigenvalue weighted by Gasteiger charge is -2.27. The molecule has 0 saturated heterocycles. The summed E-state index contributed by atoms with van der Waals surface area (Å²) < 4.78 is 5.40. The number of carbonyl (C=O) groups excluding carboxylic acids is 2. The first-order valence-corrected chi connectivity index (χ1v) is 11.5. The molecule has 2 unspecified atom stereocenters. The monoisotopic (exact) mass is 454 g/mol. The SMILES string of the molecule is CC(C)(C)OC(=O)NC(Cc1ccccc1)C(O)CCc1ccccc1NC(=O)C(C)(C)C. The van der Waals surface area contributed by atoms with Crippen LogP contribution in [0.4, 0.5) is 10.5 Å². The highest BCUT2D eigenvalue weighted by Crippen LogP contribution is 2.23. The molecule has 6 heteroatoms. The van der Waals surface area contributed by atoms with E-state index in [2.05, 4.69) is 10.6 Å². The van der Waals surface area contributed by atoms with Crippen molar-refractivity contribution >= 4 is 17.7 Å². The predicted molar refractivity (Wildman–Crippen MR) is 132 cm³/mol. The van der Waals surface area contributed by atoms with Crippen molar-refractivity contribution in [2.24, 2.45) is 5.41 Å². The van der Waals surface area contributed by atoms with E-state index >= 15 is 0 Å². The van der Waals surface area contributed by atoms with Crippen molar-refractivity contribution in [2.75, 3.05) is 5.32 Å². The van der Waals surface area contributed by atoms with E-state index in [1.54, 1.807) is 20.8 Å². The number of hydrogen-bond donors (Lipinski definition) is 3. The molecule has 0 aliphatic heterocycles. The van der Waals surface area contributed by atoms with Crippen molar-refractivity contribution in [1.82, 2.24) is 5.32 Å². The lowest BCUT2D eigenvalue weighted by atomic mass is 9.94. The Morgan fingerprint density at radius 2 is 1.55 bits per heavy atom. The van der Waals surface area contributed by atoms with Gasteiger partial charge >= 0.3 is 6.09 Å². The second kappa shape index (κ2) is 11.3. The standard InChI is InChI=1S/C27H38N2O4/c1-26(2,3)24(31)28-21-15-11-10-14-20(21)16-17-23(30)22(18-19-12-8-7-9-13-19)29-25(32)33-27(4,5)6/h7-15,22-23,30H,16-18H2,1-6H3,(H,28,31)(H,29,32). The van der Waals surface area contributed by atoms with Gasteiger partial charge in [0, 0.05) is 11.1 Å². The van der Waals surface area contributed by atoms with E-state index in [1.807, 2.05) is 75.4 Å². The molecule has 0 fully saturated rings. The van der Waals surface area contributed by atoms with Crippen LogP contribution in [0.2, 0.25) is 0 Å². The molecule has 2 rings (SSSR count). The Morgan fingerprint density at radius 3 is 2.15 bits per heavy atom. The minimum absolute atomic E-state index is 0.0657.